The predicted octanol–water partition coefficient (Wildman–Crippen LogP) is 6.78. The summed E-state index contributed by atoms with van der Waals surface area (Å²) in [7, 11) is -7.67. The Morgan fingerprint density at radius 3 is 2.15 bits per heavy atom. The summed E-state index contributed by atoms with van der Waals surface area (Å²) in [6, 6.07) is 10.7. The summed E-state index contributed by atoms with van der Waals surface area (Å²) in [5.41, 5.74) is 0.712. The van der Waals surface area contributed by atoms with Crippen molar-refractivity contribution in [2.75, 3.05) is 31.1 Å². The minimum Gasteiger partial charge on any atom is -0.480 e. The molecule has 0 bridgehead atoms. The molecule has 5 rings (SSSR count). The lowest BCUT2D eigenvalue weighted by Gasteiger charge is -2.34. The molecule has 3 aromatic rings. The third-order valence-electron chi connectivity index (χ3n) is 8.90. The minimum absolute atomic E-state index is 0.0188. The lowest BCUT2D eigenvalue weighted by Crippen LogP contribution is -2.42. The largest absolute Gasteiger partial charge is 0.480 e. The molecule has 0 amide bonds. The molecule has 2 N–H and O–H groups in total. The van der Waals surface area contributed by atoms with Gasteiger partial charge in [-0.2, -0.15) is 9.03 Å². The van der Waals surface area contributed by atoms with E-state index in [2.05, 4.69) is 46.5 Å². The Kier molecular flexibility index (Phi) is 12.5. The van der Waals surface area contributed by atoms with Gasteiger partial charge < -0.3 is 10.0 Å². The first-order valence-electron chi connectivity index (χ1n) is 15.5. The normalized spacial score (nSPS) is 18.0. The molecule has 2 fully saturated rings. The maximum absolute atomic E-state index is 13.1. The van der Waals surface area contributed by atoms with E-state index in [4.69, 9.17) is 11.6 Å². The molecule has 2 saturated heterocycles. The van der Waals surface area contributed by atoms with Gasteiger partial charge in [0.05, 0.1) is 13.3 Å². The van der Waals surface area contributed by atoms with Crippen LogP contribution in [-0.4, -0.2) is 69.4 Å². The summed E-state index contributed by atoms with van der Waals surface area (Å²) in [6.07, 6.45) is 8.35. The topological polar surface area (TPSA) is 137 Å². The van der Waals surface area contributed by atoms with E-state index in [1.165, 1.54) is 12.3 Å². The Morgan fingerprint density at radius 1 is 0.979 bits per heavy atom. The molecule has 47 heavy (non-hydrogen) atoms. The Labute approximate surface area is 302 Å². The number of aliphatic carboxylic acids is 1. The molecule has 1 atom stereocenters. The Hall–Kier alpha value is -1.59. The second kappa shape index (κ2) is 16.0. The van der Waals surface area contributed by atoms with Gasteiger partial charge in [-0.25, -0.2) is 21.8 Å². The van der Waals surface area contributed by atoms with Crippen molar-refractivity contribution in [1.82, 2.24) is 14.0 Å². The van der Waals surface area contributed by atoms with Gasteiger partial charge >= 0.3 is 5.97 Å². The molecule has 1 unspecified atom stereocenters. The average molecular weight is 853 g/mol. The predicted molar refractivity (Wildman–Crippen MR) is 191 cm³/mol. The zero-order chi connectivity index (χ0) is 33.8. The number of piperidine rings is 2. The van der Waals surface area contributed by atoms with Crippen LogP contribution in [0.1, 0.15) is 50.5 Å². The highest BCUT2D eigenvalue weighted by atomic mass is 79.9. The summed E-state index contributed by atoms with van der Waals surface area (Å²) in [5.74, 6) is 0.521. The monoisotopic (exact) mass is 850 g/mol. The summed E-state index contributed by atoms with van der Waals surface area (Å²) < 4.78 is 58.0. The first-order valence-corrected chi connectivity index (χ1v) is 21.2. The fourth-order valence-electron chi connectivity index (χ4n) is 6.26. The quantitative estimate of drug-likeness (QED) is 0.192. The molecule has 2 aliphatic rings. The van der Waals surface area contributed by atoms with Crippen molar-refractivity contribution in [3.05, 3.63) is 67.5 Å². The first-order chi connectivity index (χ1) is 22.3. The minimum atomic E-state index is -4.13. The number of nitrogens with zero attached hydrogens (tertiary/aromatic N) is 3. The van der Waals surface area contributed by atoms with Crippen molar-refractivity contribution >= 4 is 86.6 Å². The van der Waals surface area contributed by atoms with Crippen LogP contribution in [0.2, 0.25) is 4.34 Å². The number of carbonyl (C=O) groups is 1. The molecule has 16 heteroatoms. The molecule has 0 radical (unpaired) electrons. The zero-order valence-corrected chi connectivity index (χ0v) is 31.9. The van der Waals surface area contributed by atoms with Crippen LogP contribution in [0.15, 0.2) is 66.7 Å². The van der Waals surface area contributed by atoms with Crippen molar-refractivity contribution in [2.45, 2.75) is 66.5 Å². The number of sulfonamides is 2. The number of carboxylic acids is 1. The summed E-state index contributed by atoms with van der Waals surface area (Å²) >= 11 is 13.9. The number of hydrogen-bond donors (Lipinski definition) is 2. The Balaban J connectivity index is 1.06. The SMILES string of the molecule is O=C(O)C(Cc1ccccc1)NS(=O)(=O)c1cnc(N2CCC(CCCC3CCN(S(=O)(=O)c4sc(Cl)cc4Br)CC3)CC2)c(Br)c1. The van der Waals surface area contributed by atoms with E-state index in [0.29, 0.717) is 49.6 Å². The molecule has 256 valence electrons. The van der Waals surface area contributed by atoms with E-state index in [1.54, 1.807) is 34.6 Å². The molecule has 0 spiro atoms. The number of nitrogens with one attached hydrogen (secondary N) is 1. The first kappa shape index (κ1) is 36.7. The van der Waals surface area contributed by atoms with Crippen LogP contribution in [0.5, 0.6) is 0 Å². The number of thiophene rings is 1. The second-order valence-corrected chi connectivity index (χ2v) is 19.3. The number of anilines is 1. The van der Waals surface area contributed by atoms with E-state index in [9.17, 15) is 26.7 Å². The van der Waals surface area contributed by atoms with Gasteiger partial charge in [0.15, 0.2) is 4.21 Å². The van der Waals surface area contributed by atoms with Crippen LogP contribution in [-0.2, 0) is 31.3 Å². The fraction of sp³-hybridized carbons (Fsp3) is 0.484. The van der Waals surface area contributed by atoms with Gasteiger partial charge in [0.2, 0.25) is 10.0 Å². The van der Waals surface area contributed by atoms with Crippen molar-refractivity contribution < 1.29 is 26.7 Å². The molecule has 4 heterocycles. The van der Waals surface area contributed by atoms with Crippen LogP contribution in [0.4, 0.5) is 5.82 Å². The van der Waals surface area contributed by atoms with Crippen molar-refractivity contribution in [1.29, 1.82) is 0 Å². The number of halogens is 3. The third kappa shape index (κ3) is 9.35. The summed E-state index contributed by atoms with van der Waals surface area (Å²) in [6.45, 7) is 2.66. The van der Waals surface area contributed by atoms with E-state index in [0.717, 1.165) is 69.4 Å². The average Bonchev–Trinajstić information content (AvgIpc) is 3.40. The van der Waals surface area contributed by atoms with Gasteiger partial charge in [-0.05, 0) is 93.5 Å². The summed E-state index contributed by atoms with van der Waals surface area (Å²) in [4.78, 5) is 18.3. The van der Waals surface area contributed by atoms with E-state index < -0.39 is 32.1 Å². The van der Waals surface area contributed by atoms with Crippen LogP contribution in [0, 0.1) is 11.8 Å². The van der Waals surface area contributed by atoms with Crippen LogP contribution in [0.25, 0.3) is 0 Å². The van der Waals surface area contributed by atoms with Gasteiger partial charge in [-0.1, -0.05) is 61.2 Å². The van der Waals surface area contributed by atoms with Crippen molar-refractivity contribution in [3.63, 3.8) is 0 Å². The Morgan fingerprint density at radius 2 is 1.60 bits per heavy atom. The molecule has 0 aliphatic carbocycles. The molecule has 2 aliphatic heterocycles. The smallest absolute Gasteiger partial charge is 0.322 e. The highest BCUT2D eigenvalue weighted by molar-refractivity contribution is 9.11. The Bertz CT molecular complexity index is 1760. The number of rotatable bonds is 13. The highest BCUT2D eigenvalue weighted by Crippen LogP contribution is 2.38. The number of pyridine rings is 1. The molecular formula is C31H37Br2ClN4O6S3. The fourth-order valence-corrected chi connectivity index (χ4v) is 12.8. The lowest BCUT2D eigenvalue weighted by atomic mass is 9.87. The molecule has 1 aromatic carbocycles. The molecule has 2 aromatic heterocycles. The third-order valence-corrected chi connectivity index (χ3v) is 15.7. The van der Waals surface area contributed by atoms with Gasteiger partial charge in [-0.15, -0.1) is 11.3 Å². The molecule has 0 saturated carbocycles. The summed E-state index contributed by atoms with van der Waals surface area (Å²) in [5, 5.41) is 9.65. The van der Waals surface area contributed by atoms with Crippen LogP contribution in [0.3, 0.4) is 0 Å². The van der Waals surface area contributed by atoms with E-state index in [-0.39, 0.29) is 15.5 Å². The van der Waals surface area contributed by atoms with Crippen LogP contribution < -0.4 is 9.62 Å². The zero-order valence-electron chi connectivity index (χ0n) is 25.5. The lowest BCUT2D eigenvalue weighted by molar-refractivity contribution is -0.138. The van der Waals surface area contributed by atoms with Crippen LogP contribution >= 0.6 is 54.8 Å². The van der Waals surface area contributed by atoms with E-state index >= 15 is 0 Å². The van der Waals surface area contributed by atoms with Gasteiger partial charge in [0.1, 0.15) is 16.8 Å². The number of hydrogen-bond acceptors (Lipinski definition) is 8. The number of aromatic nitrogens is 1. The standard InChI is InChI=1S/C31H37Br2ClN4O6S3/c32-25-18-24(46(41,42)36-27(30(39)40)17-23-5-2-1-3-6-23)20-35-29(25)37-13-9-21(10-14-37)7-4-8-22-11-15-38(16-12-22)47(43,44)31-26(33)19-28(34)45-31/h1-3,5-6,18-22,27,36H,4,7-17H2,(H,39,40). The van der Waals surface area contributed by atoms with Crippen molar-refractivity contribution in [3.8, 4) is 0 Å². The molecule has 10 nitrogen and oxygen atoms in total. The maximum atomic E-state index is 13.1. The highest BCUT2D eigenvalue weighted by Gasteiger charge is 2.33. The number of benzene rings is 1. The van der Waals surface area contributed by atoms with Gasteiger partial charge in [-0.3, -0.25) is 4.79 Å². The van der Waals surface area contributed by atoms with Crippen molar-refractivity contribution in [2.24, 2.45) is 11.8 Å². The van der Waals surface area contributed by atoms with E-state index in [1.807, 2.05) is 6.07 Å². The second-order valence-electron chi connectivity index (χ2n) is 12.1. The number of carboxylic acid groups (broad SMARTS) is 1. The van der Waals surface area contributed by atoms with Gasteiger partial charge in [0.25, 0.3) is 10.0 Å². The molecular weight excluding hydrogens is 816 g/mol. The van der Waals surface area contributed by atoms with Gasteiger partial charge in [0, 0.05) is 32.4 Å². The maximum Gasteiger partial charge on any atom is 0.322 e.